The summed E-state index contributed by atoms with van der Waals surface area (Å²) in [5.41, 5.74) is 0.855. The minimum atomic E-state index is 0.412. The third kappa shape index (κ3) is 2.34. The van der Waals surface area contributed by atoms with Gasteiger partial charge in [-0.2, -0.15) is 5.10 Å². The molecule has 3 rings (SSSR count). The van der Waals surface area contributed by atoms with Crippen LogP contribution in [0.15, 0.2) is 6.20 Å². The summed E-state index contributed by atoms with van der Waals surface area (Å²) < 4.78 is 6.95. The number of hydrogen-bond donors (Lipinski definition) is 1. The van der Waals surface area contributed by atoms with Crippen molar-refractivity contribution >= 4 is 16.9 Å². The number of fused-ring (bicyclic) bond motifs is 1. The van der Waals surface area contributed by atoms with Crippen LogP contribution in [-0.2, 0) is 18.4 Å². The lowest BCUT2D eigenvalue weighted by Gasteiger charge is -2.33. The van der Waals surface area contributed by atoms with Gasteiger partial charge in [-0.3, -0.25) is 4.68 Å². The molecule has 1 aliphatic rings. The highest BCUT2D eigenvalue weighted by atomic mass is 16.5. The van der Waals surface area contributed by atoms with Crippen molar-refractivity contribution in [3.05, 3.63) is 12.0 Å². The molecule has 0 aliphatic carbocycles. The van der Waals surface area contributed by atoms with Crippen LogP contribution in [-0.4, -0.2) is 52.5 Å². The summed E-state index contributed by atoms with van der Waals surface area (Å²) in [5, 5.41) is 8.75. The molecule has 1 aliphatic heterocycles. The zero-order chi connectivity index (χ0) is 14.1. The quantitative estimate of drug-likeness (QED) is 0.870. The topological polar surface area (TPSA) is 68.1 Å². The van der Waals surface area contributed by atoms with Gasteiger partial charge in [0.15, 0.2) is 11.5 Å². The Morgan fingerprint density at radius 2 is 2.30 bits per heavy atom. The number of hydrogen-bond acceptors (Lipinski definition) is 6. The predicted octanol–water partition coefficient (Wildman–Crippen LogP) is 0.308. The lowest BCUT2D eigenvalue weighted by Crippen LogP contribution is -2.49. The van der Waals surface area contributed by atoms with Gasteiger partial charge in [-0.1, -0.05) is 0 Å². The second kappa shape index (κ2) is 5.34. The van der Waals surface area contributed by atoms with Crippen molar-refractivity contribution in [3.63, 3.8) is 0 Å². The zero-order valence-corrected chi connectivity index (χ0v) is 12.1. The van der Waals surface area contributed by atoms with Gasteiger partial charge in [-0.15, -0.1) is 0 Å². The summed E-state index contributed by atoms with van der Waals surface area (Å²) >= 11 is 0. The molecule has 0 amide bonds. The van der Waals surface area contributed by atoms with Crippen molar-refractivity contribution in [2.24, 2.45) is 7.05 Å². The highest BCUT2D eigenvalue weighted by Gasteiger charge is 2.21. The molecule has 2 aromatic rings. The van der Waals surface area contributed by atoms with Crippen LogP contribution in [0.3, 0.4) is 0 Å². The molecule has 2 aromatic heterocycles. The first-order valence-electron chi connectivity index (χ1n) is 6.85. The van der Waals surface area contributed by atoms with Gasteiger partial charge in [0, 0.05) is 39.8 Å². The molecule has 108 valence electrons. The number of rotatable bonds is 3. The minimum Gasteiger partial charge on any atom is -0.377 e. The highest BCUT2D eigenvalue weighted by Crippen LogP contribution is 2.24. The minimum absolute atomic E-state index is 0.412. The summed E-state index contributed by atoms with van der Waals surface area (Å²) in [6.07, 6.45) is 1.84. The fourth-order valence-electron chi connectivity index (χ4n) is 2.61. The van der Waals surface area contributed by atoms with Crippen LogP contribution in [0.1, 0.15) is 12.7 Å². The molecule has 7 nitrogen and oxygen atoms in total. The summed E-state index contributed by atoms with van der Waals surface area (Å²) in [6.45, 7) is 5.44. The third-order valence-corrected chi connectivity index (χ3v) is 3.56. The van der Waals surface area contributed by atoms with Crippen LogP contribution >= 0.6 is 0 Å². The van der Waals surface area contributed by atoms with Gasteiger partial charge in [0.25, 0.3) is 0 Å². The predicted molar refractivity (Wildman–Crippen MR) is 76.7 cm³/mol. The lowest BCUT2D eigenvalue weighted by molar-refractivity contribution is 0.178. The van der Waals surface area contributed by atoms with Crippen LogP contribution in [0.2, 0.25) is 0 Å². The first-order valence-corrected chi connectivity index (χ1v) is 6.85. The lowest BCUT2D eigenvalue weighted by atomic mass is 10.2. The molecule has 0 spiro atoms. The number of ether oxygens (including phenoxy) is 1. The van der Waals surface area contributed by atoms with Gasteiger partial charge >= 0.3 is 0 Å². The van der Waals surface area contributed by atoms with E-state index in [1.54, 1.807) is 11.8 Å². The zero-order valence-electron chi connectivity index (χ0n) is 12.1. The summed E-state index contributed by atoms with van der Waals surface area (Å²) in [4.78, 5) is 11.5. The maximum absolute atomic E-state index is 5.17. The van der Waals surface area contributed by atoms with Crippen molar-refractivity contribution < 1.29 is 4.74 Å². The number of aromatic nitrogens is 4. The summed E-state index contributed by atoms with van der Waals surface area (Å²) in [7, 11) is 3.56. The summed E-state index contributed by atoms with van der Waals surface area (Å²) in [6, 6.07) is 0.455. The molecule has 0 bridgehead atoms. The third-order valence-electron chi connectivity index (χ3n) is 3.56. The molecule has 0 saturated carbocycles. The average Bonchev–Trinajstić information content (AvgIpc) is 2.80. The van der Waals surface area contributed by atoms with Crippen LogP contribution in [0, 0.1) is 0 Å². The molecule has 1 atom stereocenters. The van der Waals surface area contributed by atoms with E-state index in [0.717, 1.165) is 36.5 Å². The summed E-state index contributed by atoms with van der Waals surface area (Å²) in [5.74, 6) is 1.66. The Kier molecular flexibility index (Phi) is 3.54. The van der Waals surface area contributed by atoms with E-state index in [9.17, 15) is 0 Å². The van der Waals surface area contributed by atoms with Crippen molar-refractivity contribution in [2.45, 2.75) is 19.6 Å². The fourth-order valence-corrected chi connectivity index (χ4v) is 2.61. The van der Waals surface area contributed by atoms with Gasteiger partial charge in [0.05, 0.1) is 11.6 Å². The van der Waals surface area contributed by atoms with Crippen molar-refractivity contribution in [1.29, 1.82) is 0 Å². The molecule has 1 fully saturated rings. The van der Waals surface area contributed by atoms with Crippen molar-refractivity contribution in [2.75, 3.05) is 31.6 Å². The largest absolute Gasteiger partial charge is 0.377 e. The van der Waals surface area contributed by atoms with Gasteiger partial charge in [-0.25, -0.2) is 9.97 Å². The number of methoxy groups -OCH3 is 1. The smallest absolute Gasteiger partial charge is 0.163 e. The molecular formula is C13H20N6O. The molecule has 0 unspecified atom stereocenters. The van der Waals surface area contributed by atoms with E-state index in [1.807, 2.05) is 13.2 Å². The number of nitrogens with zero attached hydrogens (tertiary/aromatic N) is 5. The first kappa shape index (κ1) is 13.3. The van der Waals surface area contributed by atoms with Crippen LogP contribution in [0.25, 0.3) is 11.0 Å². The van der Waals surface area contributed by atoms with Crippen LogP contribution in [0.5, 0.6) is 0 Å². The SMILES string of the molecule is COCc1nc(N2CCN[C@H](C)C2)c2cnn(C)c2n1. The second-order valence-electron chi connectivity index (χ2n) is 5.20. The Labute approximate surface area is 117 Å². The molecule has 3 heterocycles. The molecule has 7 heteroatoms. The van der Waals surface area contributed by atoms with Gasteiger partial charge in [-0.05, 0) is 6.92 Å². The van der Waals surface area contributed by atoms with E-state index < -0.39 is 0 Å². The monoisotopic (exact) mass is 276 g/mol. The maximum Gasteiger partial charge on any atom is 0.163 e. The Morgan fingerprint density at radius 3 is 3.05 bits per heavy atom. The van der Waals surface area contributed by atoms with E-state index >= 15 is 0 Å². The van der Waals surface area contributed by atoms with Gasteiger partial charge < -0.3 is 15.0 Å². The van der Waals surface area contributed by atoms with Gasteiger partial charge in [0.1, 0.15) is 12.4 Å². The second-order valence-corrected chi connectivity index (χ2v) is 5.20. The molecular weight excluding hydrogens is 256 g/mol. The van der Waals surface area contributed by atoms with Crippen molar-refractivity contribution in [1.82, 2.24) is 25.1 Å². The normalized spacial score (nSPS) is 19.8. The Balaban J connectivity index is 2.07. The highest BCUT2D eigenvalue weighted by molar-refractivity contribution is 5.87. The van der Waals surface area contributed by atoms with E-state index in [0.29, 0.717) is 18.5 Å². The Morgan fingerprint density at radius 1 is 1.45 bits per heavy atom. The van der Waals surface area contributed by atoms with E-state index in [4.69, 9.17) is 4.74 Å². The number of nitrogens with one attached hydrogen (secondary N) is 1. The van der Waals surface area contributed by atoms with Crippen LogP contribution < -0.4 is 10.2 Å². The molecule has 0 aromatic carbocycles. The molecule has 1 N–H and O–H groups in total. The molecule has 0 radical (unpaired) electrons. The van der Waals surface area contributed by atoms with E-state index in [1.165, 1.54) is 0 Å². The number of anilines is 1. The average molecular weight is 276 g/mol. The Hall–Kier alpha value is -1.73. The van der Waals surface area contributed by atoms with Crippen LogP contribution in [0.4, 0.5) is 5.82 Å². The standard InChI is InChI=1S/C13H20N6O/c1-9-7-19(5-4-14-9)13-10-6-15-18(2)12(10)16-11(17-13)8-20-3/h6,9,14H,4-5,7-8H2,1-3H3/t9-/m1/s1. The van der Waals surface area contributed by atoms with E-state index in [-0.39, 0.29) is 0 Å². The molecule has 20 heavy (non-hydrogen) atoms. The fraction of sp³-hybridized carbons (Fsp3) is 0.615. The van der Waals surface area contributed by atoms with E-state index in [2.05, 4.69) is 32.2 Å². The van der Waals surface area contributed by atoms with Gasteiger partial charge in [0.2, 0.25) is 0 Å². The Bertz CT molecular complexity index is 610. The first-order chi connectivity index (χ1) is 9.69. The number of aryl methyl sites for hydroxylation is 1. The molecule has 1 saturated heterocycles. The van der Waals surface area contributed by atoms with Crippen molar-refractivity contribution in [3.8, 4) is 0 Å². The number of piperazine rings is 1. The maximum atomic E-state index is 5.17.